The van der Waals surface area contributed by atoms with Gasteiger partial charge in [-0.3, -0.25) is 4.79 Å². The second-order valence-electron chi connectivity index (χ2n) is 4.65. The number of ether oxygens (including phenoxy) is 1. The molecule has 0 radical (unpaired) electrons. The Morgan fingerprint density at radius 1 is 1.27 bits per heavy atom. The molecule has 0 fully saturated rings. The SMILES string of the molecule is CCOc1ccc(C(=O)Nc2ccc3nc(N)sc3c2)cc1. The summed E-state index contributed by atoms with van der Waals surface area (Å²) in [5.41, 5.74) is 7.81. The van der Waals surface area contributed by atoms with Gasteiger partial charge in [0, 0.05) is 11.3 Å². The smallest absolute Gasteiger partial charge is 0.255 e. The largest absolute Gasteiger partial charge is 0.494 e. The van der Waals surface area contributed by atoms with Gasteiger partial charge in [-0.25, -0.2) is 4.98 Å². The zero-order chi connectivity index (χ0) is 15.5. The number of nitrogens with zero attached hydrogens (tertiary/aromatic N) is 1. The summed E-state index contributed by atoms with van der Waals surface area (Å²) in [6.45, 7) is 2.52. The van der Waals surface area contributed by atoms with E-state index in [2.05, 4.69) is 10.3 Å². The maximum atomic E-state index is 12.2. The molecule has 1 aromatic heterocycles. The lowest BCUT2D eigenvalue weighted by Crippen LogP contribution is -2.11. The lowest BCUT2D eigenvalue weighted by Gasteiger charge is -2.07. The first kappa shape index (κ1) is 14.3. The van der Waals surface area contributed by atoms with Crippen LogP contribution in [0.2, 0.25) is 0 Å². The molecule has 3 N–H and O–H groups in total. The first-order chi connectivity index (χ1) is 10.7. The number of nitrogens with two attached hydrogens (primary N) is 1. The third-order valence-corrected chi connectivity index (χ3v) is 3.94. The van der Waals surface area contributed by atoms with Crippen LogP contribution >= 0.6 is 11.3 Å². The lowest BCUT2D eigenvalue weighted by molar-refractivity contribution is 0.102. The van der Waals surface area contributed by atoms with Crippen LogP contribution in [-0.4, -0.2) is 17.5 Å². The lowest BCUT2D eigenvalue weighted by atomic mass is 10.2. The average Bonchev–Trinajstić information content (AvgIpc) is 2.87. The quantitative estimate of drug-likeness (QED) is 0.772. The summed E-state index contributed by atoms with van der Waals surface area (Å²) in [6.07, 6.45) is 0. The summed E-state index contributed by atoms with van der Waals surface area (Å²) in [4.78, 5) is 16.4. The molecule has 0 aliphatic carbocycles. The third-order valence-electron chi connectivity index (χ3n) is 3.09. The molecule has 1 heterocycles. The highest BCUT2D eigenvalue weighted by molar-refractivity contribution is 7.22. The van der Waals surface area contributed by atoms with Crippen molar-refractivity contribution < 1.29 is 9.53 Å². The van der Waals surface area contributed by atoms with E-state index in [-0.39, 0.29) is 5.91 Å². The van der Waals surface area contributed by atoms with Crippen LogP contribution in [0.4, 0.5) is 10.8 Å². The summed E-state index contributed by atoms with van der Waals surface area (Å²) >= 11 is 1.40. The van der Waals surface area contributed by atoms with Crippen LogP contribution in [0.15, 0.2) is 42.5 Å². The first-order valence-corrected chi connectivity index (χ1v) is 7.67. The molecule has 2 aromatic carbocycles. The van der Waals surface area contributed by atoms with Gasteiger partial charge in [0.2, 0.25) is 0 Å². The average molecular weight is 313 g/mol. The Bertz CT molecular complexity index is 812. The zero-order valence-electron chi connectivity index (χ0n) is 12.0. The van der Waals surface area contributed by atoms with E-state index in [1.807, 2.05) is 25.1 Å². The van der Waals surface area contributed by atoms with E-state index in [4.69, 9.17) is 10.5 Å². The van der Waals surface area contributed by atoms with E-state index in [0.29, 0.717) is 17.3 Å². The van der Waals surface area contributed by atoms with E-state index < -0.39 is 0 Å². The molecule has 0 bridgehead atoms. The Balaban J connectivity index is 1.76. The van der Waals surface area contributed by atoms with E-state index in [1.54, 1.807) is 24.3 Å². The van der Waals surface area contributed by atoms with Crippen molar-refractivity contribution in [2.45, 2.75) is 6.92 Å². The minimum absolute atomic E-state index is 0.167. The van der Waals surface area contributed by atoms with Crippen molar-refractivity contribution in [2.75, 3.05) is 17.7 Å². The highest BCUT2D eigenvalue weighted by Crippen LogP contribution is 2.26. The Kier molecular flexibility index (Phi) is 3.93. The minimum atomic E-state index is -0.167. The van der Waals surface area contributed by atoms with Crippen molar-refractivity contribution >= 4 is 38.3 Å². The second kappa shape index (κ2) is 6.03. The summed E-state index contributed by atoms with van der Waals surface area (Å²) in [6, 6.07) is 12.6. The molecule has 0 saturated heterocycles. The van der Waals surface area contributed by atoms with Gasteiger partial charge in [-0.05, 0) is 49.4 Å². The van der Waals surface area contributed by atoms with Crippen LogP contribution in [0, 0.1) is 0 Å². The zero-order valence-corrected chi connectivity index (χ0v) is 12.8. The summed E-state index contributed by atoms with van der Waals surface area (Å²) < 4.78 is 6.31. The monoisotopic (exact) mass is 313 g/mol. The number of nitrogens with one attached hydrogen (secondary N) is 1. The van der Waals surface area contributed by atoms with Crippen LogP contribution in [0.1, 0.15) is 17.3 Å². The van der Waals surface area contributed by atoms with Gasteiger partial charge >= 0.3 is 0 Å². The fraction of sp³-hybridized carbons (Fsp3) is 0.125. The molecule has 0 unspecified atom stereocenters. The number of carbonyl (C=O) groups is 1. The van der Waals surface area contributed by atoms with Crippen LogP contribution in [0.25, 0.3) is 10.2 Å². The Morgan fingerprint density at radius 3 is 2.77 bits per heavy atom. The number of benzene rings is 2. The molecule has 1 amide bonds. The molecule has 3 aromatic rings. The van der Waals surface area contributed by atoms with Gasteiger partial charge in [-0.2, -0.15) is 0 Å². The van der Waals surface area contributed by atoms with Gasteiger partial charge in [0.25, 0.3) is 5.91 Å². The van der Waals surface area contributed by atoms with Crippen molar-refractivity contribution in [3.63, 3.8) is 0 Å². The second-order valence-corrected chi connectivity index (χ2v) is 5.71. The molecule has 0 atom stereocenters. The number of amides is 1. The van der Waals surface area contributed by atoms with Crippen LogP contribution in [0.5, 0.6) is 5.75 Å². The van der Waals surface area contributed by atoms with Crippen molar-refractivity contribution in [1.29, 1.82) is 0 Å². The molecular weight excluding hydrogens is 298 g/mol. The molecule has 0 aliphatic rings. The molecule has 22 heavy (non-hydrogen) atoms. The minimum Gasteiger partial charge on any atom is -0.494 e. The molecule has 3 rings (SSSR count). The highest BCUT2D eigenvalue weighted by Gasteiger charge is 2.08. The number of hydrogen-bond donors (Lipinski definition) is 2. The van der Waals surface area contributed by atoms with E-state index in [1.165, 1.54) is 11.3 Å². The van der Waals surface area contributed by atoms with E-state index in [9.17, 15) is 4.79 Å². The fourth-order valence-corrected chi connectivity index (χ4v) is 2.87. The summed E-state index contributed by atoms with van der Waals surface area (Å²) in [7, 11) is 0. The Labute approximate surface area is 131 Å². The topological polar surface area (TPSA) is 77.2 Å². The van der Waals surface area contributed by atoms with Crippen molar-refractivity contribution in [3.8, 4) is 5.75 Å². The number of hydrogen-bond acceptors (Lipinski definition) is 5. The van der Waals surface area contributed by atoms with Crippen LogP contribution in [0.3, 0.4) is 0 Å². The third kappa shape index (κ3) is 3.01. The molecule has 112 valence electrons. The van der Waals surface area contributed by atoms with Crippen molar-refractivity contribution in [2.24, 2.45) is 0 Å². The van der Waals surface area contributed by atoms with Gasteiger partial charge in [0.15, 0.2) is 5.13 Å². The predicted molar refractivity (Wildman–Crippen MR) is 89.6 cm³/mol. The molecule has 0 spiro atoms. The maximum absolute atomic E-state index is 12.2. The number of thiazole rings is 1. The summed E-state index contributed by atoms with van der Waals surface area (Å²) in [5.74, 6) is 0.584. The number of carbonyl (C=O) groups excluding carboxylic acids is 1. The van der Waals surface area contributed by atoms with Gasteiger partial charge in [-0.1, -0.05) is 11.3 Å². The number of anilines is 2. The molecular formula is C16H15N3O2S. The van der Waals surface area contributed by atoms with Gasteiger partial charge in [0.05, 0.1) is 16.8 Å². The van der Waals surface area contributed by atoms with Gasteiger partial charge in [-0.15, -0.1) is 0 Å². The normalized spacial score (nSPS) is 10.6. The number of nitrogen functional groups attached to an aromatic ring is 1. The maximum Gasteiger partial charge on any atom is 0.255 e. The highest BCUT2D eigenvalue weighted by atomic mass is 32.1. The standard InChI is InChI=1S/C16H15N3O2S/c1-2-21-12-6-3-10(4-7-12)15(20)18-11-5-8-13-14(9-11)22-16(17)19-13/h3-9H,2H2,1H3,(H2,17,19)(H,18,20). The Morgan fingerprint density at radius 2 is 2.05 bits per heavy atom. The summed E-state index contributed by atoms with van der Waals surface area (Å²) in [5, 5.41) is 3.39. The number of aromatic nitrogens is 1. The van der Waals surface area contributed by atoms with Gasteiger partial charge < -0.3 is 15.8 Å². The predicted octanol–water partition coefficient (Wildman–Crippen LogP) is 3.53. The first-order valence-electron chi connectivity index (χ1n) is 6.86. The number of fused-ring (bicyclic) bond motifs is 1. The molecule has 0 saturated carbocycles. The molecule has 5 nitrogen and oxygen atoms in total. The van der Waals surface area contributed by atoms with Crippen molar-refractivity contribution in [1.82, 2.24) is 4.98 Å². The number of rotatable bonds is 4. The fourth-order valence-electron chi connectivity index (χ4n) is 2.09. The van der Waals surface area contributed by atoms with Crippen molar-refractivity contribution in [3.05, 3.63) is 48.0 Å². The van der Waals surface area contributed by atoms with E-state index in [0.717, 1.165) is 21.7 Å². The van der Waals surface area contributed by atoms with Crippen LogP contribution < -0.4 is 15.8 Å². The molecule has 0 aliphatic heterocycles. The Hall–Kier alpha value is -2.60. The van der Waals surface area contributed by atoms with E-state index >= 15 is 0 Å². The molecule has 6 heteroatoms. The van der Waals surface area contributed by atoms with Crippen LogP contribution in [-0.2, 0) is 0 Å². The van der Waals surface area contributed by atoms with Gasteiger partial charge in [0.1, 0.15) is 5.75 Å².